The van der Waals surface area contributed by atoms with Crippen molar-refractivity contribution in [2.24, 2.45) is 7.05 Å². The summed E-state index contributed by atoms with van der Waals surface area (Å²) in [4.78, 5) is 12.4. The minimum atomic E-state index is 0.0693. The van der Waals surface area contributed by atoms with Gasteiger partial charge in [0.05, 0.1) is 19.2 Å². The summed E-state index contributed by atoms with van der Waals surface area (Å²) in [6, 6.07) is 6.30. The van der Waals surface area contributed by atoms with Gasteiger partial charge in [-0.05, 0) is 56.4 Å². The third kappa shape index (κ3) is 3.70. The molecule has 5 nitrogen and oxygen atoms in total. The van der Waals surface area contributed by atoms with E-state index in [-0.39, 0.29) is 5.91 Å². The fraction of sp³-hybridized carbons (Fsp3) is 0.500. The van der Waals surface area contributed by atoms with Crippen LogP contribution in [0.2, 0.25) is 0 Å². The zero-order valence-electron chi connectivity index (χ0n) is 15.6. The Labute approximate surface area is 149 Å². The molecule has 5 heteroatoms. The van der Waals surface area contributed by atoms with E-state index in [1.165, 1.54) is 11.1 Å². The van der Waals surface area contributed by atoms with Crippen molar-refractivity contribution in [2.45, 2.75) is 45.4 Å². The van der Waals surface area contributed by atoms with Crippen molar-refractivity contribution in [1.29, 1.82) is 0 Å². The molecule has 1 aromatic carbocycles. The molecule has 1 aliphatic rings. The molecule has 1 amide bonds. The first kappa shape index (κ1) is 17.5. The molecule has 0 bridgehead atoms. The van der Waals surface area contributed by atoms with Crippen molar-refractivity contribution >= 4 is 5.91 Å². The Morgan fingerprint density at radius 2 is 2.20 bits per heavy atom. The number of nitrogens with zero attached hydrogens (tertiary/aromatic N) is 2. The van der Waals surface area contributed by atoms with E-state index in [4.69, 9.17) is 4.74 Å². The van der Waals surface area contributed by atoms with Crippen LogP contribution in [0, 0.1) is 13.8 Å². The number of benzene rings is 1. The van der Waals surface area contributed by atoms with Crippen molar-refractivity contribution in [3.63, 3.8) is 0 Å². The molecule has 134 valence electrons. The summed E-state index contributed by atoms with van der Waals surface area (Å²) in [5.74, 6) is 1.36. The normalized spacial score (nSPS) is 16.4. The summed E-state index contributed by atoms with van der Waals surface area (Å²) in [6.45, 7) is 4.66. The largest absolute Gasteiger partial charge is 0.497 e. The minimum absolute atomic E-state index is 0.0693. The molecule has 0 unspecified atom stereocenters. The Kier molecular flexibility index (Phi) is 5.11. The molecule has 0 radical (unpaired) electrons. The van der Waals surface area contributed by atoms with Crippen molar-refractivity contribution in [3.05, 3.63) is 46.3 Å². The maximum absolute atomic E-state index is 12.4. The van der Waals surface area contributed by atoms with Crippen molar-refractivity contribution in [3.8, 4) is 5.75 Å². The molecule has 0 aliphatic heterocycles. The Morgan fingerprint density at radius 1 is 1.40 bits per heavy atom. The predicted octanol–water partition coefficient (Wildman–Crippen LogP) is 2.82. The van der Waals surface area contributed by atoms with Gasteiger partial charge in [0.25, 0.3) is 0 Å². The highest BCUT2D eigenvalue weighted by atomic mass is 16.5. The molecule has 1 atom stereocenters. The quantitative estimate of drug-likeness (QED) is 0.910. The number of aromatic nitrogens is 2. The Bertz CT molecular complexity index is 779. The average molecular weight is 341 g/mol. The zero-order chi connectivity index (χ0) is 18.0. The van der Waals surface area contributed by atoms with Crippen LogP contribution in [-0.4, -0.2) is 29.3 Å². The fourth-order valence-corrected chi connectivity index (χ4v) is 3.76. The molecule has 1 heterocycles. The van der Waals surface area contributed by atoms with Crippen molar-refractivity contribution in [2.75, 3.05) is 13.7 Å². The molecule has 25 heavy (non-hydrogen) atoms. The van der Waals surface area contributed by atoms with E-state index in [0.29, 0.717) is 18.9 Å². The standard InChI is InChI=1S/C20H27N3O2/c1-13-19(14(2)23(3)22-13)11-20(24)21-12-16-7-5-6-15-10-17(25-4)8-9-18(15)16/h8-10,16H,5-7,11-12H2,1-4H3,(H,21,24)/t16-/m1/s1. The minimum Gasteiger partial charge on any atom is -0.497 e. The summed E-state index contributed by atoms with van der Waals surface area (Å²) >= 11 is 0. The summed E-state index contributed by atoms with van der Waals surface area (Å²) in [5, 5.41) is 7.51. The van der Waals surface area contributed by atoms with E-state index in [1.807, 2.05) is 31.6 Å². The first-order valence-electron chi connectivity index (χ1n) is 8.92. The fourth-order valence-electron chi connectivity index (χ4n) is 3.76. The second kappa shape index (κ2) is 7.30. The Balaban J connectivity index is 1.63. The second-order valence-corrected chi connectivity index (χ2v) is 6.91. The summed E-state index contributed by atoms with van der Waals surface area (Å²) in [7, 11) is 3.61. The Morgan fingerprint density at radius 3 is 2.88 bits per heavy atom. The molecular formula is C20H27N3O2. The first-order valence-corrected chi connectivity index (χ1v) is 8.92. The van der Waals surface area contributed by atoms with Crippen LogP contribution in [0.4, 0.5) is 0 Å². The van der Waals surface area contributed by atoms with Crippen LogP contribution < -0.4 is 10.1 Å². The van der Waals surface area contributed by atoms with Gasteiger partial charge >= 0.3 is 0 Å². The number of carbonyl (C=O) groups excluding carboxylic acids is 1. The Hall–Kier alpha value is -2.30. The lowest BCUT2D eigenvalue weighted by Gasteiger charge is -2.26. The highest BCUT2D eigenvalue weighted by Crippen LogP contribution is 2.33. The number of methoxy groups -OCH3 is 1. The van der Waals surface area contributed by atoms with E-state index in [9.17, 15) is 4.79 Å². The van der Waals surface area contributed by atoms with E-state index < -0.39 is 0 Å². The second-order valence-electron chi connectivity index (χ2n) is 6.91. The average Bonchev–Trinajstić information content (AvgIpc) is 2.85. The highest BCUT2D eigenvalue weighted by molar-refractivity contribution is 5.79. The molecule has 2 aromatic rings. The molecule has 1 aliphatic carbocycles. The van der Waals surface area contributed by atoms with Crippen LogP contribution in [0.5, 0.6) is 5.75 Å². The third-order valence-electron chi connectivity index (χ3n) is 5.33. The van der Waals surface area contributed by atoms with Crippen LogP contribution in [0.3, 0.4) is 0 Å². The SMILES string of the molecule is COc1ccc2c(c1)CCC[C@@H]2CNC(=O)Cc1c(C)nn(C)c1C. The third-order valence-corrected chi connectivity index (χ3v) is 5.33. The maximum Gasteiger partial charge on any atom is 0.224 e. The zero-order valence-corrected chi connectivity index (χ0v) is 15.6. The van der Waals surface area contributed by atoms with Crippen LogP contribution in [-0.2, 0) is 24.7 Å². The molecule has 0 fully saturated rings. The van der Waals surface area contributed by atoms with Gasteiger partial charge in [0, 0.05) is 30.8 Å². The lowest BCUT2D eigenvalue weighted by Crippen LogP contribution is -2.31. The van der Waals surface area contributed by atoms with E-state index >= 15 is 0 Å². The van der Waals surface area contributed by atoms with Gasteiger partial charge in [0.1, 0.15) is 5.75 Å². The highest BCUT2D eigenvalue weighted by Gasteiger charge is 2.22. The maximum atomic E-state index is 12.4. The molecule has 0 saturated carbocycles. The van der Waals surface area contributed by atoms with Crippen LogP contribution in [0.25, 0.3) is 0 Å². The van der Waals surface area contributed by atoms with Crippen molar-refractivity contribution < 1.29 is 9.53 Å². The van der Waals surface area contributed by atoms with Crippen LogP contribution in [0.15, 0.2) is 18.2 Å². The van der Waals surface area contributed by atoms with Crippen LogP contribution in [0.1, 0.15) is 46.8 Å². The molecular weight excluding hydrogens is 314 g/mol. The van der Waals surface area contributed by atoms with E-state index in [1.54, 1.807) is 7.11 Å². The summed E-state index contributed by atoms with van der Waals surface area (Å²) < 4.78 is 7.16. The predicted molar refractivity (Wildman–Crippen MR) is 98.1 cm³/mol. The number of rotatable bonds is 5. The van der Waals surface area contributed by atoms with E-state index in [2.05, 4.69) is 22.5 Å². The number of fused-ring (bicyclic) bond motifs is 1. The van der Waals surface area contributed by atoms with Gasteiger partial charge in [-0.2, -0.15) is 5.10 Å². The molecule has 3 rings (SSSR count). The van der Waals surface area contributed by atoms with Gasteiger partial charge in [-0.15, -0.1) is 0 Å². The lowest BCUT2D eigenvalue weighted by atomic mass is 9.82. The van der Waals surface area contributed by atoms with Gasteiger partial charge in [-0.3, -0.25) is 9.48 Å². The number of carbonyl (C=O) groups is 1. The molecule has 0 spiro atoms. The first-order chi connectivity index (χ1) is 12.0. The topological polar surface area (TPSA) is 56.1 Å². The number of nitrogens with one attached hydrogen (secondary N) is 1. The number of aryl methyl sites for hydroxylation is 3. The molecule has 1 aromatic heterocycles. The smallest absolute Gasteiger partial charge is 0.224 e. The van der Waals surface area contributed by atoms with Gasteiger partial charge < -0.3 is 10.1 Å². The monoisotopic (exact) mass is 341 g/mol. The number of amides is 1. The van der Waals surface area contributed by atoms with Gasteiger partial charge in [0.15, 0.2) is 0 Å². The van der Waals surface area contributed by atoms with Gasteiger partial charge in [-0.25, -0.2) is 0 Å². The van der Waals surface area contributed by atoms with Crippen LogP contribution >= 0.6 is 0 Å². The van der Waals surface area contributed by atoms with Gasteiger partial charge in [0.2, 0.25) is 5.91 Å². The van der Waals surface area contributed by atoms with E-state index in [0.717, 1.165) is 42.0 Å². The number of hydrogen-bond donors (Lipinski definition) is 1. The van der Waals surface area contributed by atoms with Crippen molar-refractivity contribution in [1.82, 2.24) is 15.1 Å². The lowest BCUT2D eigenvalue weighted by molar-refractivity contribution is -0.120. The number of ether oxygens (including phenoxy) is 1. The number of hydrogen-bond acceptors (Lipinski definition) is 3. The summed E-state index contributed by atoms with van der Waals surface area (Å²) in [6.07, 6.45) is 3.75. The molecule has 1 N–H and O–H groups in total. The van der Waals surface area contributed by atoms with Gasteiger partial charge in [-0.1, -0.05) is 6.07 Å². The summed E-state index contributed by atoms with van der Waals surface area (Å²) in [5.41, 5.74) is 5.73. The molecule has 0 saturated heterocycles.